The summed E-state index contributed by atoms with van der Waals surface area (Å²) < 4.78 is 0. The number of primary amides is 1. The maximum Gasteiger partial charge on any atom is 0.327 e. The molecule has 3 heterocycles. The highest BCUT2D eigenvalue weighted by Gasteiger charge is 2.55. The summed E-state index contributed by atoms with van der Waals surface area (Å²) in [6, 6.07) is 1.48. The first-order valence-corrected chi connectivity index (χ1v) is 8.28. The number of aryl methyl sites for hydroxylation is 2. The number of hydrogen-bond donors (Lipinski definition) is 1. The van der Waals surface area contributed by atoms with Gasteiger partial charge in [0.2, 0.25) is 0 Å². The van der Waals surface area contributed by atoms with Crippen LogP contribution in [0.1, 0.15) is 34.5 Å². The first-order valence-electron chi connectivity index (χ1n) is 8.28. The number of pyridine rings is 1. The largest absolute Gasteiger partial charge is 0.365 e. The number of carbonyl (C=O) groups is 3. The van der Waals surface area contributed by atoms with Crippen LogP contribution >= 0.6 is 0 Å². The molecule has 25 heavy (non-hydrogen) atoms. The van der Waals surface area contributed by atoms with E-state index in [1.807, 2.05) is 18.7 Å². The highest BCUT2D eigenvalue weighted by atomic mass is 16.2. The number of likely N-dealkylation sites (N-methyl/N-ethyl adjacent to an activating group) is 2. The van der Waals surface area contributed by atoms with Crippen molar-refractivity contribution >= 4 is 23.7 Å². The zero-order valence-electron chi connectivity index (χ0n) is 15.0. The van der Waals surface area contributed by atoms with Crippen LogP contribution in [0.15, 0.2) is 6.07 Å². The standard InChI is InChI=1S/C17H23N5O3/c1-10-9-12(13(18)23)14(19-11(10)2)22-7-5-17(6-8-22)15(24)20(3)16(25)21(17)4/h9H,5-8H2,1-4H3,(H2,18,23). The van der Waals surface area contributed by atoms with E-state index in [0.717, 1.165) is 11.3 Å². The number of nitrogens with two attached hydrogens (primary N) is 1. The lowest BCUT2D eigenvalue weighted by molar-refractivity contribution is -0.133. The summed E-state index contributed by atoms with van der Waals surface area (Å²) in [6.45, 7) is 4.81. The van der Waals surface area contributed by atoms with E-state index in [4.69, 9.17) is 5.73 Å². The normalized spacial score (nSPS) is 19.9. The van der Waals surface area contributed by atoms with Gasteiger partial charge in [0, 0.05) is 32.9 Å². The van der Waals surface area contributed by atoms with Crippen molar-refractivity contribution in [2.24, 2.45) is 5.73 Å². The number of nitrogens with zero attached hydrogens (tertiary/aromatic N) is 4. The van der Waals surface area contributed by atoms with Gasteiger partial charge in [-0.25, -0.2) is 9.78 Å². The summed E-state index contributed by atoms with van der Waals surface area (Å²) >= 11 is 0. The SMILES string of the molecule is Cc1cc(C(N)=O)c(N2CCC3(CC2)C(=O)N(C)C(=O)N3C)nc1C. The number of imide groups is 1. The minimum atomic E-state index is -0.797. The number of piperidine rings is 1. The highest BCUT2D eigenvalue weighted by molar-refractivity contribution is 6.06. The molecule has 3 rings (SSSR count). The fraction of sp³-hybridized carbons (Fsp3) is 0.529. The Bertz CT molecular complexity index is 768. The average Bonchev–Trinajstić information content (AvgIpc) is 2.74. The third kappa shape index (κ3) is 2.43. The first kappa shape index (κ1) is 17.2. The van der Waals surface area contributed by atoms with Gasteiger partial charge >= 0.3 is 6.03 Å². The topological polar surface area (TPSA) is 99.8 Å². The maximum absolute atomic E-state index is 12.6. The summed E-state index contributed by atoms with van der Waals surface area (Å²) in [4.78, 5) is 45.7. The van der Waals surface area contributed by atoms with Crippen LogP contribution in [0.2, 0.25) is 0 Å². The Morgan fingerprint density at radius 3 is 2.28 bits per heavy atom. The molecule has 1 aromatic rings. The lowest BCUT2D eigenvalue weighted by Crippen LogP contribution is -2.55. The molecular formula is C17H23N5O3. The molecule has 2 aliphatic rings. The molecule has 0 radical (unpaired) electrons. The summed E-state index contributed by atoms with van der Waals surface area (Å²) in [5, 5.41) is 0. The molecule has 0 bridgehead atoms. The van der Waals surface area contributed by atoms with Gasteiger partial charge in [-0.3, -0.25) is 14.5 Å². The molecule has 1 aromatic heterocycles. The lowest BCUT2D eigenvalue weighted by Gasteiger charge is -2.41. The number of carbonyl (C=O) groups excluding carboxylic acids is 3. The van der Waals surface area contributed by atoms with Crippen molar-refractivity contribution in [3.05, 3.63) is 22.9 Å². The molecule has 1 spiro atoms. The molecule has 134 valence electrons. The minimum Gasteiger partial charge on any atom is -0.365 e. The summed E-state index contributed by atoms with van der Waals surface area (Å²) in [6.07, 6.45) is 0.983. The van der Waals surface area contributed by atoms with Gasteiger partial charge in [-0.1, -0.05) is 0 Å². The summed E-state index contributed by atoms with van der Waals surface area (Å²) in [7, 11) is 3.18. The van der Waals surface area contributed by atoms with E-state index >= 15 is 0 Å². The molecule has 0 aromatic carbocycles. The smallest absolute Gasteiger partial charge is 0.327 e. The molecule has 2 fully saturated rings. The van der Waals surface area contributed by atoms with Crippen molar-refractivity contribution in [1.29, 1.82) is 0 Å². The Morgan fingerprint density at radius 2 is 1.80 bits per heavy atom. The van der Waals surface area contributed by atoms with E-state index in [0.29, 0.717) is 37.3 Å². The van der Waals surface area contributed by atoms with Crippen LogP contribution in [0.25, 0.3) is 0 Å². The van der Waals surface area contributed by atoms with Crippen molar-refractivity contribution in [2.75, 3.05) is 32.1 Å². The Balaban J connectivity index is 1.89. The molecular weight excluding hydrogens is 322 g/mol. The van der Waals surface area contributed by atoms with E-state index in [1.54, 1.807) is 13.1 Å². The van der Waals surface area contributed by atoms with Crippen molar-refractivity contribution in [1.82, 2.24) is 14.8 Å². The van der Waals surface area contributed by atoms with Gasteiger partial charge in [-0.15, -0.1) is 0 Å². The zero-order valence-corrected chi connectivity index (χ0v) is 15.0. The van der Waals surface area contributed by atoms with Crippen molar-refractivity contribution in [3.63, 3.8) is 0 Å². The van der Waals surface area contributed by atoms with Gasteiger partial charge in [-0.2, -0.15) is 0 Å². The van der Waals surface area contributed by atoms with Crippen LogP contribution < -0.4 is 10.6 Å². The van der Waals surface area contributed by atoms with Crippen LogP contribution in [-0.4, -0.2) is 65.4 Å². The number of urea groups is 1. The van der Waals surface area contributed by atoms with Gasteiger partial charge in [0.05, 0.1) is 5.56 Å². The van der Waals surface area contributed by atoms with Crippen LogP contribution in [0.5, 0.6) is 0 Å². The molecule has 2 saturated heterocycles. The molecule has 8 heteroatoms. The number of rotatable bonds is 2. The predicted molar refractivity (Wildman–Crippen MR) is 92.3 cm³/mol. The van der Waals surface area contributed by atoms with E-state index in [-0.39, 0.29) is 11.9 Å². The predicted octanol–water partition coefficient (Wildman–Crippen LogP) is 0.660. The number of aromatic nitrogens is 1. The van der Waals surface area contributed by atoms with Gasteiger partial charge in [-0.05, 0) is 38.3 Å². The van der Waals surface area contributed by atoms with Crippen molar-refractivity contribution in [2.45, 2.75) is 32.2 Å². The molecule has 8 nitrogen and oxygen atoms in total. The van der Waals surface area contributed by atoms with E-state index in [9.17, 15) is 14.4 Å². The van der Waals surface area contributed by atoms with Crippen LogP contribution in [-0.2, 0) is 4.79 Å². The molecule has 0 saturated carbocycles. The number of amides is 4. The summed E-state index contributed by atoms with van der Waals surface area (Å²) in [5.74, 6) is -0.129. The van der Waals surface area contributed by atoms with E-state index in [1.165, 1.54) is 16.8 Å². The van der Waals surface area contributed by atoms with Crippen molar-refractivity contribution < 1.29 is 14.4 Å². The molecule has 0 unspecified atom stereocenters. The van der Waals surface area contributed by atoms with Crippen LogP contribution in [0.4, 0.5) is 10.6 Å². The monoisotopic (exact) mass is 345 g/mol. The Hall–Kier alpha value is -2.64. The minimum absolute atomic E-state index is 0.164. The Kier molecular flexibility index (Phi) is 3.93. The van der Waals surface area contributed by atoms with Gasteiger partial charge in [0.1, 0.15) is 11.4 Å². The molecule has 4 amide bonds. The number of anilines is 1. The highest BCUT2D eigenvalue weighted by Crippen LogP contribution is 2.37. The van der Waals surface area contributed by atoms with Crippen LogP contribution in [0.3, 0.4) is 0 Å². The second kappa shape index (κ2) is 5.72. The van der Waals surface area contributed by atoms with Gasteiger partial charge in [0.25, 0.3) is 11.8 Å². The fourth-order valence-electron chi connectivity index (χ4n) is 3.70. The average molecular weight is 345 g/mol. The van der Waals surface area contributed by atoms with E-state index < -0.39 is 11.4 Å². The lowest BCUT2D eigenvalue weighted by atomic mass is 9.86. The second-order valence-corrected chi connectivity index (χ2v) is 6.85. The Labute approximate surface area is 146 Å². The van der Waals surface area contributed by atoms with Gasteiger partial charge < -0.3 is 15.5 Å². The third-order valence-electron chi connectivity index (χ3n) is 5.52. The van der Waals surface area contributed by atoms with Crippen LogP contribution in [0, 0.1) is 13.8 Å². The van der Waals surface area contributed by atoms with Gasteiger partial charge in [0.15, 0.2) is 0 Å². The van der Waals surface area contributed by atoms with E-state index in [2.05, 4.69) is 4.98 Å². The number of hydrogen-bond acceptors (Lipinski definition) is 5. The van der Waals surface area contributed by atoms with Crippen molar-refractivity contribution in [3.8, 4) is 0 Å². The zero-order chi connectivity index (χ0) is 18.5. The summed E-state index contributed by atoms with van der Waals surface area (Å²) in [5.41, 5.74) is 6.85. The molecule has 2 aliphatic heterocycles. The third-order valence-corrected chi connectivity index (χ3v) is 5.52. The molecule has 2 N–H and O–H groups in total. The molecule has 0 aliphatic carbocycles. The Morgan fingerprint density at radius 1 is 1.20 bits per heavy atom. The molecule has 0 atom stereocenters. The first-order chi connectivity index (χ1) is 11.7. The second-order valence-electron chi connectivity index (χ2n) is 6.85. The maximum atomic E-state index is 12.6. The quantitative estimate of drug-likeness (QED) is 0.794. The fourth-order valence-corrected chi connectivity index (χ4v) is 3.70.